The van der Waals surface area contributed by atoms with Crippen LogP contribution in [0.15, 0.2) is 91.2 Å². The minimum absolute atomic E-state index is 0.0101. The number of hydrogen-bond acceptors (Lipinski definition) is 7. The molecular weight excluding hydrogens is 462 g/mol. The van der Waals surface area contributed by atoms with Crippen molar-refractivity contribution in [2.45, 2.75) is 31.6 Å². The summed E-state index contributed by atoms with van der Waals surface area (Å²) in [5, 5.41) is 13.5. The lowest BCUT2D eigenvalue weighted by atomic mass is 9.52. The third kappa shape index (κ3) is 3.78. The van der Waals surface area contributed by atoms with Crippen LogP contribution in [0.2, 0.25) is 0 Å². The van der Waals surface area contributed by atoms with E-state index in [1.54, 1.807) is 12.4 Å². The van der Waals surface area contributed by atoms with E-state index in [2.05, 4.69) is 27.4 Å². The summed E-state index contributed by atoms with van der Waals surface area (Å²) in [6, 6.07) is 20.1. The van der Waals surface area contributed by atoms with Crippen LogP contribution < -0.4 is 5.32 Å². The Kier molecular flexibility index (Phi) is 5.75. The van der Waals surface area contributed by atoms with E-state index < -0.39 is 5.41 Å². The van der Waals surface area contributed by atoms with Gasteiger partial charge in [-0.25, -0.2) is 19.9 Å². The van der Waals surface area contributed by atoms with Crippen LogP contribution in [0, 0.1) is 11.8 Å². The molecule has 1 fully saturated rings. The number of hydrogen-bond donors (Lipinski definition) is 2. The zero-order chi connectivity index (χ0) is 25.4. The minimum Gasteiger partial charge on any atom is -0.515 e. The SMILES string of the molecule is C[C@@H]1C(=O)C(=CO)C[C@]2(c3ccccc3)c3nc(Nc4ccccc4)nc(-c4cncnc4)c3CC[C@@H]12. The summed E-state index contributed by atoms with van der Waals surface area (Å²) < 4.78 is 0. The number of Topliss-reactive ketones (excluding diaryl/α,β-unsaturated/α-hetero) is 1. The number of carbonyl (C=O) groups is 1. The predicted molar refractivity (Wildman–Crippen MR) is 141 cm³/mol. The number of nitrogens with one attached hydrogen (secondary N) is 1. The Labute approximate surface area is 215 Å². The summed E-state index contributed by atoms with van der Waals surface area (Å²) >= 11 is 0. The van der Waals surface area contributed by atoms with Gasteiger partial charge in [-0.05, 0) is 42.9 Å². The van der Waals surface area contributed by atoms with Crippen LogP contribution in [-0.4, -0.2) is 30.8 Å². The van der Waals surface area contributed by atoms with Crippen LogP contribution in [0.1, 0.15) is 36.6 Å². The monoisotopic (exact) mass is 489 g/mol. The zero-order valence-corrected chi connectivity index (χ0v) is 20.5. The Morgan fingerprint density at radius 1 is 1.00 bits per heavy atom. The maximum absolute atomic E-state index is 13.2. The first-order valence-corrected chi connectivity index (χ1v) is 12.5. The number of ketones is 1. The molecule has 7 nitrogen and oxygen atoms in total. The Bertz CT molecular complexity index is 1470. The summed E-state index contributed by atoms with van der Waals surface area (Å²) in [6.07, 6.45) is 7.97. The van der Waals surface area contributed by atoms with Gasteiger partial charge in [0.05, 0.1) is 17.6 Å². The quantitative estimate of drug-likeness (QED) is 0.285. The molecule has 6 rings (SSSR count). The summed E-state index contributed by atoms with van der Waals surface area (Å²) in [7, 11) is 0. The highest BCUT2D eigenvalue weighted by molar-refractivity contribution is 5.98. The van der Waals surface area contributed by atoms with Gasteiger partial charge < -0.3 is 10.4 Å². The Morgan fingerprint density at radius 3 is 2.41 bits per heavy atom. The van der Waals surface area contributed by atoms with E-state index in [0.29, 0.717) is 17.9 Å². The van der Waals surface area contributed by atoms with Crippen molar-refractivity contribution in [3.63, 3.8) is 0 Å². The van der Waals surface area contributed by atoms with Crippen molar-refractivity contribution in [1.29, 1.82) is 0 Å². The number of rotatable bonds is 4. The molecule has 2 aromatic heterocycles. The van der Waals surface area contributed by atoms with Crippen molar-refractivity contribution in [2.24, 2.45) is 11.8 Å². The number of para-hydroxylation sites is 1. The summed E-state index contributed by atoms with van der Waals surface area (Å²) in [5.41, 5.74) is 5.32. The fourth-order valence-electron chi connectivity index (χ4n) is 6.23. The van der Waals surface area contributed by atoms with Gasteiger partial charge in [0.2, 0.25) is 5.95 Å². The Balaban J connectivity index is 1.65. The van der Waals surface area contributed by atoms with Crippen LogP contribution in [0.3, 0.4) is 0 Å². The van der Waals surface area contributed by atoms with Crippen molar-refractivity contribution in [2.75, 3.05) is 5.32 Å². The minimum atomic E-state index is -0.600. The fourth-order valence-corrected chi connectivity index (χ4v) is 6.23. The van der Waals surface area contributed by atoms with E-state index in [1.807, 2.05) is 55.5 Å². The van der Waals surface area contributed by atoms with Crippen molar-refractivity contribution < 1.29 is 9.90 Å². The maximum atomic E-state index is 13.2. The Morgan fingerprint density at radius 2 is 1.70 bits per heavy atom. The number of aliphatic hydroxyl groups excluding tert-OH is 1. The van der Waals surface area contributed by atoms with Crippen LogP contribution in [0.5, 0.6) is 0 Å². The van der Waals surface area contributed by atoms with Gasteiger partial charge in [-0.1, -0.05) is 55.5 Å². The molecule has 0 spiro atoms. The van der Waals surface area contributed by atoms with Crippen molar-refractivity contribution in [3.8, 4) is 11.3 Å². The average molecular weight is 490 g/mol. The number of fused-ring (bicyclic) bond motifs is 3. The van der Waals surface area contributed by atoms with E-state index in [-0.39, 0.29) is 17.6 Å². The van der Waals surface area contributed by atoms with Gasteiger partial charge in [-0.15, -0.1) is 0 Å². The molecular formula is C30H27N5O2. The molecule has 37 heavy (non-hydrogen) atoms. The van der Waals surface area contributed by atoms with Gasteiger partial charge in [0, 0.05) is 46.1 Å². The lowest BCUT2D eigenvalue weighted by molar-refractivity contribution is -0.123. The molecule has 0 amide bonds. The molecule has 3 atom stereocenters. The highest BCUT2D eigenvalue weighted by Gasteiger charge is 2.55. The van der Waals surface area contributed by atoms with E-state index in [1.165, 1.54) is 6.33 Å². The van der Waals surface area contributed by atoms with Gasteiger partial charge in [-0.3, -0.25) is 4.79 Å². The van der Waals surface area contributed by atoms with E-state index >= 15 is 0 Å². The molecule has 2 heterocycles. The normalized spacial score (nSPS) is 23.8. The summed E-state index contributed by atoms with van der Waals surface area (Å²) in [6.45, 7) is 1.98. The largest absolute Gasteiger partial charge is 0.515 e. The van der Waals surface area contributed by atoms with Gasteiger partial charge in [0.25, 0.3) is 0 Å². The molecule has 2 aliphatic rings. The Hall–Kier alpha value is -4.39. The van der Waals surface area contributed by atoms with E-state index in [4.69, 9.17) is 9.97 Å². The molecule has 0 unspecified atom stereocenters. The van der Waals surface area contributed by atoms with Crippen LogP contribution in [-0.2, 0) is 16.6 Å². The molecule has 2 aromatic carbocycles. The number of aromatic nitrogens is 4. The second kappa shape index (κ2) is 9.24. The number of anilines is 2. The van der Waals surface area contributed by atoms with Gasteiger partial charge in [0.15, 0.2) is 5.78 Å². The van der Waals surface area contributed by atoms with E-state index in [0.717, 1.165) is 52.9 Å². The first kappa shape index (κ1) is 23.0. The topological polar surface area (TPSA) is 101 Å². The van der Waals surface area contributed by atoms with Crippen LogP contribution in [0.25, 0.3) is 11.3 Å². The predicted octanol–water partition coefficient (Wildman–Crippen LogP) is 5.58. The third-order valence-corrected chi connectivity index (χ3v) is 7.88. The summed E-state index contributed by atoms with van der Waals surface area (Å²) in [5.74, 6) is 0.247. The van der Waals surface area contributed by atoms with E-state index in [9.17, 15) is 9.90 Å². The molecule has 0 radical (unpaired) electrons. The fraction of sp³-hybridized carbons (Fsp3) is 0.233. The second-order valence-electron chi connectivity index (χ2n) is 9.81. The molecule has 2 N–H and O–H groups in total. The average Bonchev–Trinajstić information content (AvgIpc) is 2.96. The van der Waals surface area contributed by atoms with Crippen LogP contribution >= 0.6 is 0 Å². The number of allylic oxidation sites excluding steroid dienone is 1. The summed E-state index contributed by atoms with van der Waals surface area (Å²) in [4.78, 5) is 31.8. The lowest BCUT2D eigenvalue weighted by Gasteiger charge is -2.51. The first-order chi connectivity index (χ1) is 18.1. The number of nitrogens with zero attached hydrogens (tertiary/aromatic N) is 4. The highest BCUT2D eigenvalue weighted by atomic mass is 16.2. The molecule has 2 aliphatic carbocycles. The van der Waals surface area contributed by atoms with Crippen molar-refractivity contribution in [3.05, 3.63) is 108 Å². The van der Waals surface area contributed by atoms with Crippen molar-refractivity contribution >= 4 is 17.4 Å². The van der Waals surface area contributed by atoms with Crippen LogP contribution in [0.4, 0.5) is 11.6 Å². The maximum Gasteiger partial charge on any atom is 0.228 e. The second-order valence-corrected chi connectivity index (χ2v) is 9.81. The van der Waals surface area contributed by atoms with Crippen molar-refractivity contribution in [1.82, 2.24) is 19.9 Å². The molecule has 184 valence electrons. The molecule has 7 heteroatoms. The number of aliphatic hydroxyl groups is 1. The highest BCUT2D eigenvalue weighted by Crippen LogP contribution is 2.56. The molecule has 0 aliphatic heterocycles. The van der Waals surface area contributed by atoms with Gasteiger partial charge in [0.1, 0.15) is 6.33 Å². The number of carbonyl (C=O) groups excluding carboxylic acids is 1. The third-order valence-electron chi connectivity index (χ3n) is 7.88. The molecule has 0 saturated heterocycles. The molecule has 0 bridgehead atoms. The standard InChI is InChI=1S/C30H27N5O2/c1-19-25-13-12-24-26(21-15-31-18-32-16-21)34-29(33-23-10-6-3-7-11-23)35-28(24)30(25,14-20(17-36)27(19)37)22-8-4-2-5-9-22/h2-11,15-19,25,36H,12-14H2,1H3,(H,33,34,35)/t19-,25-,30+/m0/s1. The number of benzene rings is 2. The first-order valence-electron chi connectivity index (χ1n) is 12.5. The lowest BCUT2D eigenvalue weighted by Crippen LogP contribution is -2.51. The smallest absolute Gasteiger partial charge is 0.228 e. The van der Waals surface area contributed by atoms with Gasteiger partial charge >= 0.3 is 0 Å². The molecule has 1 saturated carbocycles. The zero-order valence-electron chi connectivity index (χ0n) is 20.5. The molecule has 4 aromatic rings. The van der Waals surface area contributed by atoms with Gasteiger partial charge in [-0.2, -0.15) is 0 Å².